The molecule has 2 heteroatoms. The molecule has 0 radical (unpaired) electrons. The normalized spacial score (nSPS) is 10.7. The predicted molar refractivity (Wildman–Crippen MR) is 86.4 cm³/mol. The fourth-order valence-electron chi connectivity index (χ4n) is 2.07. The molecular weight excluding hydrogens is 260 g/mol. The van der Waals surface area contributed by atoms with Gasteiger partial charge in [-0.25, -0.2) is 0 Å². The second-order valence-corrected chi connectivity index (χ2v) is 4.90. The predicted octanol–water partition coefficient (Wildman–Crippen LogP) is 4.30. The van der Waals surface area contributed by atoms with Crippen LogP contribution >= 0.6 is 0 Å². The average molecular weight is 280 g/mol. The highest BCUT2D eigenvalue weighted by Crippen LogP contribution is 2.12. The highest BCUT2D eigenvalue weighted by Gasteiger charge is 2.00. The molecular formula is C19H20O2. The summed E-state index contributed by atoms with van der Waals surface area (Å²) >= 11 is 0. The molecule has 0 N–H and O–H groups in total. The molecule has 2 nitrogen and oxygen atoms in total. The minimum Gasteiger partial charge on any atom is -0.497 e. The van der Waals surface area contributed by atoms with Crippen molar-refractivity contribution in [2.75, 3.05) is 7.11 Å². The highest BCUT2D eigenvalue weighted by molar-refractivity contribution is 5.81. The summed E-state index contributed by atoms with van der Waals surface area (Å²) in [7, 11) is 1.65. The second-order valence-electron chi connectivity index (χ2n) is 4.90. The first-order valence-corrected chi connectivity index (χ1v) is 7.14. The molecule has 0 aliphatic carbocycles. The van der Waals surface area contributed by atoms with Crippen molar-refractivity contribution in [1.29, 1.82) is 0 Å². The summed E-state index contributed by atoms with van der Waals surface area (Å²) in [5, 5.41) is 0. The standard InChI is InChI=1S/C19H20O2/c1-21-19-14-11-17(12-15-19)8-5-9-18(20)13-10-16-6-3-2-4-7-16/h2-8,11-12,14-15H,9-10,13H2,1H3/b8-5+. The number of benzene rings is 2. The molecule has 0 aromatic heterocycles. The molecule has 0 saturated carbocycles. The third-order valence-corrected chi connectivity index (χ3v) is 3.31. The van der Waals surface area contributed by atoms with Crippen LogP contribution in [0.4, 0.5) is 0 Å². The Bertz CT molecular complexity index is 583. The van der Waals surface area contributed by atoms with Crippen LogP contribution in [0.1, 0.15) is 24.0 Å². The SMILES string of the molecule is COc1ccc(/C=C/CC(=O)CCc2ccccc2)cc1. The van der Waals surface area contributed by atoms with Crippen LogP contribution in [0, 0.1) is 0 Å². The molecule has 21 heavy (non-hydrogen) atoms. The van der Waals surface area contributed by atoms with Crippen LogP contribution in [0.2, 0.25) is 0 Å². The van der Waals surface area contributed by atoms with Crippen molar-refractivity contribution < 1.29 is 9.53 Å². The molecule has 2 aromatic rings. The van der Waals surface area contributed by atoms with Gasteiger partial charge < -0.3 is 4.74 Å². The Kier molecular flexibility index (Phi) is 5.77. The van der Waals surface area contributed by atoms with Crippen molar-refractivity contribution in [3.8, 4) is 5.75 Å². The van der Waals surface area contributed by atoms with Gasteiger partial charge in [-0.05, 0) is 29.7 Å². The number of allylic oxidation sites excluding steroid dienone is 1. The van der Waals surface area contributed by atoms with Crippen molar-refractivity contribution >= 4 is 11.9 Å². The van der Waals surface area contributed by atoms with Crippen molar-refractivity contribution in [1.82, 2.24) is 0 Å². The number of hydrogen-bond donors (Lipinski definition) is 0. The molecule has 2 aromatic carbocycles. The summed E-state index contributed by atoms with van der Waals surface area (Å²) in [4.78, 5) is 11.8. The van der Waals surface area contributed by atoms with E-state index in [0.29, 0.717) is 12.8 Å². The van der Waals surface area contributed by atoms with Gasteiger partial charge in [-0.1, -0.05) is 54.6 Å². The molecule has 0 atom stereocenters. The topological polar surface area (TPSA) is 26.3 Å². The zero-order chi connectivity index (χ0) is 14.9. The van der Waals surface area contributed by atoms with Crippen molar-refractivity contribution in [3.05, 3.63) is 71.8 Å². The molecule has 0 spiro atoms. The molecule has 0 unspecified atom stereocenters. The Morgan fingerprint density at radius 1 is 1.05 bits per heavy atom. The van der Waals surface area contributed by atoms with E-state index in [4.69, 9.17) is 4.74 Å². The second kappa shape index (κ2) is 8.05. The zero-order valence-electron chi connectivity index (χ0n) is 12.3. The number of aryl methyl sites for hydroxylation is 1. The molecule has 2 rings (SSSR count). The number of carbonyl (C=O) groups is 1. The monoisotopic (exact) mass is 280 g/mol. The Morgan fingerprint density at radius 3 is 2.43 bits per heavy atom. The minimum atomic E-state index is 0.267. The number of hydrogen-bond acceptors (Lipinski definition) is 2. The van der Waals surface area contributed by atoms with Crippen LogP contribution < -0.4 is 4.74 Å². The van der Waals surface area contributed by atoms with E-state index in [1.54, 1.807) is 7.11 Å². The molecule has 0 bridgehead atoms. The van der Waals surface area contributed by atoms with Gasteiger partial charge in [-0.2, -0.15) is 0 Å². The van der Waals surface area contributed by atoms with Crippen molar-refractivity contribution in [2.45, 2.75) is 19.3 Å². The van der Waals surface area contributed by atoms with E-state index >= 15 is 0 Å². The van der Waals surface area contributed by atoms with Crippen LogP contribution in [0.15, 0.2) is 60.7 Å². The maximum atomic E-state index is 11.8. The summed E-state index contributed by atoms with van der Waals surface area (Å²) in [6, 6.07) is 17.9. The van der Waals surface area contributed by atoms with Gasteiger partial charge in [0, 0.05) is 12.8 Å². The highest BCUT2D eigenvalue weighted by atomic mass is 16.5. The van der Waals surface area contributed by atoms with E-state index in [-0.39, 0.29) is 5.78 Å². The molecule has 0 fully saturated rings. The molecule has 0 aliphatic rings. The summed E-state index contributed by atoms with van der Waals surface area (Å²) in [6.45, 7) is 0. The van der Waals surface area contributed by atoms with Crippen LogP contribution in [0.25, 0.3) is 6.08 Å². The Balaban J connectivity index is 1.76. The van der Waals surface area contributed by atoms with Gasteiger partial charge in [0.25, 0.3) is 0 Å². The van der Waals surface area contributed by atoms with Crippen molar-refractivity contribution in [2.24, 2.45) is 0 Å². The molecule has 0 aliphatic heterocycles. The van der Waals surface area contributed by atoms with Gasteiger partial charge in [0.1, 0.15) is 11.5 Å². The first-order chi connectivity index (χ1) is 10.3. The van der Waals surface area contributed by atoms with E-state index < -0.39 is 0 Å². The zero-order valence-corrected chi connectivity index (χ0v) is 12.3. The fraction of sp³-hybridized carbons (Fsp3) is 0.211. The number of Topliss-reactive ketones (excluding diaryl/α,β-unsaturated/α-hetero) is 1. The maximum absolute atomic E-state index is 11.8. The molecule has 0 heterocycles. The Hall–Kier alpha value is -2.35. The summed E-state index contributed by atoms with van der Waals surface area (Å²) in [6.07, 6.45) is 5.79. The fourth-order valence-corrected chi connectivity index (χ4v) is 2.07. The van der Waals surface area contributed by atoms with Crippen molar-refractivity contribution in [3.63, 3.8) is 0 Å². The largest absolute Gasteiger partial charge is 0.497 e. The number of ketones is 1. The summed E-state index contributed by atoms with van der Waals surface area (Å²) < 4.78 is 5.11. The molecule has 0 saturated heterocycles. The minimum absolute atomic E-state index is 0.267. The first kappa shape index (κ1) is 15.0. The molecule has 0 amide bonds. The first-order valence-electron chi connectivity index (χ1n) is 7.14. The third-order valence-electron chi connectivity index (χ3n) is 3.31. The maximum Gasteiger partial charge on any atom is 0.136 e. The smallest absolute Gasteiger partial charge is 0.136 e. The van der Waals surface area contributed by atoms with Gasteiger partial charge >= 0.3 is 0 Å². The lowest BCUT2D eigenvalue weighted by Crippen LogP contribution is -1.98. The van der Waals surface area contributed by atoms with E-state index in [9.17, 15) is 4.79 Å². The number of methoxy groups -OCH3 is 1. The van der Waals surface area contributed by atoms with Gasteiger partial charge in [0.05, 0.1) is 7.11 Å². The number of ether oxygens (including phenoxy) is 1. The lowest BCUT2D eigenvalue weighted by Gasteiger charge is -2.00. The lowest BCUT2D eigenvalue weighted by molar-refractivity contribution is -0.118. The average Bonchev–Trinajstić information content (AvgIpc) is 2.54. The van der Waals surface area contributed by atoms with Crippen LogP contribution in [0.5, 0.6) is 5.75 Å². The quantitative estimate of drug-likeness (QED) is 0.756. The Morgan fingerprint density at radius 2 is 1.76 bits per heavy atom. The van der Waals surface area contributed by atoms with E-state index in [2.05, 4.69) is 12.1 Å². The van der Waals surface area contributed by atoms with Gasteiger partial charge in [0.2, 0.25) is 0 Å². The lowest BCUT2D eigenvalue weighted by atomic mass is 10.1. The summed E-state index contributed by atoms with van der Waals surface area (Å²) in [5.41, 5.74) is 2.29. The van der Waals surface area contributed by atoms with E-state index in [0.717, 1.165) is 17.7 Å². The Labute approximate surface area is 126 Å². The van der Waals surface area contributed by atoms with Crippen LogP contribution in [-0.4, -0.2) is 12.9 Å². The van der Waals surface area contributed by atoms with E-state index in [1.165, 1.54) is 5.56 Å². The molecule has 108 valence electrons. The van der Waals surface area contributed by atoms with Gasteiger partial charge in [0.15, 0.2) is 0 Å². The van der Waals surface area contributed by atoms with Gasteiger partial charge in [-0.15, -0.1) is 0 Å². The van der Waals surface area contributed by atoms with Crippen LogP contribution in [-0.2, 0) is 11.2 Å². The van der Waals surface area contributed by atoms with Crippen LogP contribution in [0.3, 0.4) is 0 Å². The van der Waals surface area contributed by atoms with Gasteiger partial charge in [-0.3, -0.25) is 4.79 Å². The number of rotatable bonds is 7. The van der Waals surface area contributed by atoms with E-state index in [1.807, 2.05) is 54.6 Å². The number of carbonyl (C=O) groups excluding carboxylic acids is 1. The third kappa shape index (κ3) is 5.27. The summed E-state index contributed by atoms with van der Waals surface area (Å²) in [5.74, 6) is 1.11.